The summed E-state index contributed by atoms with van der Waals surface area (Å²) in [6.45, 7) is 7.97. The van der Waals surface area contributed by atoms with Gasteiger partial charge in [-0.25, -0.2) is 0 Å². The van der Waals surface area contributed by atoms with E-state index in [1.165, 1.54) is 40.6 Å². The molecule has 1 aromatic carbocycles. The Morgan fingerprint density at radius 1 is 1.09 bits per heavy atom. The molecule has 2 saturated heterocycles. The average Bonchev–Trinajstić information content (AvgIpc) is 3.46. The predicted octanol–water partition coefficient (Wildman–Crippen LogP) is 3.21. The van der Waals surface area contributed by atoms with Crippen LogP contribution in [-0.2, 0) is 12.8 Å². The number of aromatic nitrogens is 4. The van der Waals surface area contributed by atoms with E-state index in [1.54, 1.807) is 0 Å². The third-order valence-corrected chi connectivity index (χ3v) is 8.25. The second-order valence-electron chi connectivity index (χ2n) is 10.5. The molecule has 8 heteroatoms. The van der Waals surface area contributed by atoms with Gasteiger partial charge in [-0.1, -0.05) is 6.07 Å². The third kappa shape index (κ3) is 4.49. The van der Waals surface area contributed by atoms with Crippen LogP contribution in [0.2, 0.25) is 0 Å². The molecule has 3 aliphatic rings. The lowest BCUT2D eigenvalue weighted by molar-refractivity contribution is 0.187. The van der Waals surface area contributed by atoms with E-state index in [-0.39, 0.29) is 0 Å². The van der Waals surface area contributed by atoms with Crippen molar-refractivity contribution in [3.05, 3.63) is 40.7 Å². The number of nitrogens with zero attached hydrogens (tertiary/aromatic N) is 5. The van der Waals surface area contributed by atoms with Gasteiger partial charge in [0.05, 0.1) is 17.4 Å². The van der Waals surface area contributed by atoms with Gasteiger partial charge in [0, 0.05) is 43.2 Å². The number of piperazine rings is 1. The summed E-state index contributed by atoms with van der Waals surface area (Å²) in [5, 5.41) is 12.2. The molecule has 4 heterocycles. The number of hydrogen-bond acceptors (Lipinski definition) is 7. The number of aromatic amines is 1. The fourth-order valence-electron chi connectivity index (χ4n) is 6.28. The van der Waals surface area contributed by atoms with E-state index in [4.69, 9.17) is 14.7 Å². The highest BCUT2D eigenvalue weighted by Gasteiger charge is 2.29. The lowest BCUT2D eigenvalue weighted by Gasteiger charge is -2.31. The Labute approximate surface area is 207 Å². The molecule has 0 saturated carbocycles. The third-order valence-electron chi connectivity index (χ3n) is 8.25. The van der Waals surface area contributed by atoms with Gasteiger partial charge in [0.25, 0.3) is 0 Å². The molecule has 2 fully saturated rings. The molecule has 6 rings (SSSR count). The van der Waals surface area contributed by atoms with Gasteiger partial charge in [0.1, 0.15) is 12.4 Å². The number of nitrogens with one attached hydrogen (secondary N) is 2. The molecule has 2 atom stereocenters. The van der Waals surface area contributed by atoms with Gasteiger partial charge in [-0.15, -0.1) is 0 Å². The Morgan fingerprint density at radius 3 is 2.80 bits per heavy atom. The number of hydrogen-bond donors (Lipinski definition) is 2. The Kier molecular flexibility index (Phi) is 6.33. The minimum Gasteiger partial charge on any atom is -0.462 e. The number of likely N-dealkylation sites (N-methyl/N-ethyl adjacent to an activating group) is 1. The summed E-state index contributed by atoms with van der Waals surface area (Å²) in [6, 6.07) is 5.37. The van der Waals surface area contributed by atoms with Crippen LogP contribution in [0.15, 0.2) is 18.3 Å². The minimum atomic E-state index is 0.414. The van der Waals surface area contributed by atoms with Crippen molar-refractivity contribution in [3.8, 4) is 6.01 Å². The molecule has 8 nitrogen and oxygen atoms in total. The van der Waals surface area contributed by atoms with Crippen molar-refractivity contribution in [2.24, 2.45) is 0 Å². The number of H-pyrrole nitrogens is 1. The number of ether oxygens (including phenoxy) is 1. The molecule has 0 amide bonds. The van der Waals surface area contributed by atoms with E-state index in [9.17, 15) is 0 Å². The van der Waals surface area contributed by atoms with E-state index < -0.39 is 0 Å². The molecule has 0 radical (unpaired) electrons. The first-order valence-corrected chi connectivity index (χ1v) is 13.3. The van der Waals surface area contributed by atoms with Crippen LogP contribution in [0.4, 0.5) is 5.82 Å². The fourth-order valence-corrected chi connectivity index (χ4v) is 6.28. The summed E-state index contributed by atoms with van der Waals surface area (Å²) in [4.78, 5) is 14.9. The number of benzene rings is 1. The summed E-state index contributed by atoms with van der Waals surface area (Å²) < 4.78 is 6.30. The van der Waals surface area contributed by atoms with Crippen LogP contribution >= 0.6 is 0 Å². The molecule has 186 valence electrons. The van der Waals surface area contributed by atoms with Gasteiger partial charge in [-0.05, 0) is 82.2 Å². The lowest BCUT2D eigenvalue weighted by Crippen LogP contribution is -2.44. The summed E-state index contributed by atoms with van der Waals surface area (Å²) >= 11 is 0. The van der Waals surface area contributed by atoms with E-state index in [1.807, 2.05) is 6.20 Å². The number of rotatable bonds is 5. The molecule has 0 bridgehead atoms. The van der Waals surface area contributed by atoms with Crippen LogP contribution in [0, 0.1) is 6.92 Å². The van der Waals surface area contributed by atoms with Gasteiger partial charge in [0.15, 0.2) is 0 Å². The molecule has 0 spiro atoms. The molecule has 2 N–H and O–H groups in total. The number of aryl methyl sites for hydroxylation is 1. The molecule has 1 unspecified atom stereocenters. The zero-order valence-electron chi connectivity index (χ0n) is 21.0. The molecule has 3 aromatic rings. The van der Waals surface area contributed by atoms with Crippen LogP contribution in [0.3, 0.4) is 0 Å². The summed E-state index contributed by atoms with van der Waals surface area (Å²) in [6.07, 6.45) is 8.64. The maximum atomic E-state index is 6.30. The van der Waals surface area contributed by atoms with Crippen molar-refractivity contribution in [2.45, 2.75) is 57.4 Å². The maximum absolute atomic E-state index is 6.30. The average molecular weight is 476 g/mol. The van der Waals surface area contributed by atoms with Crippen molar-refractivity contribution < 1.29 is 4.74 Å². The highest BCUT2D eigenvalue weighted by Crippen LogP contribution is 2.39. The number of fused-ring (bicyclic) bond motifs is 2. The van der Waals surface area contributed by atoms with Crippen molar-refractivity contribution in [2.75, 3.05) is 51.3 Å². The Balaban J connectivity index is 1.36. The topological polar surface area (TPSA) is 82.2 Å². The quantitative estimate of drug-likeness (QED) is 0.549. The standard InChI is InChI=1S/C27H37N7O/c1-18-8-9-23-22(16-29-32-23)25(18)19-5-3-7-21-24(15-19)30-27(35-17-20-6-4-12-33(20)2)31-26(21)34-13-10-28-11-14-34/h8-9,16,19-20,28H,3-7,10-15,17H2,1-2H3,(H,29,32)/t19?,20-/m0/s1. The highest BCUT2D eigenvalue weighted by molar-refractivity contribution is 5.83. The van der Waals surface area contributed by atoms with E-state index >= 15 is 0 Å². The smallest absolute Gasteiger partial charge is 0.318 e. The van der Waals surface area contributed by atoms with Crippen LogP contribution in [-0.4, -0.2) is 77.5 Å². The van der Waals surface area contributed by atoms with Crippen LogP contribution in [0.5, 0.6) is 6.01 Å². The minimum absolute atomic E-state index is 0.414. The number of likely N-dealkylation sites (tertiary alicyclic amines) is 1. The highest BCUT2D eigenvalue weighted by atomic mass is 16.5. The first-order chi connectivity index (χ1) is 17.2. The van der Waals surface area contributed by atoms with Crippen molar-refractivity contribution in [1.29, 1.82) is 0 Å². The molecular formula is C27H37N7O. The monoisotopic (exact) mass is 475 g/mol. The van der Waals surface area contributed by atoms with Crippen molar-refractivity contribution in [1.82, 2.24) is 30.4 Å². The second-order valence-corrected chi connectivity index (χ2v) is 10.5. The van der Waals surface area contributed by atoms with Crippen LogP contribution in [0.25, 0.3) is 10.9 Å². The SMILES string of the molecule is Cc1ccc2[nH]ncc2c1C1CCCc2c(nc(OC[C@@H]3CCCN3C)nc2N2CCNCC2)C1. The van der Waals surface area contributed by atoms with Gasteiger partial charge in [-0.2, -0.15) is 15.1 Å². The van der Waals surface area contributed by atoms with Gasteiger partial charge < -0.3 is 19.9 Å². The van der Waals surface area contributed by atoms with Crippen molar-refractivity contribution in [3.63, 3.8) is 0 Å². The largest absolute Gasteiger partial charge is 0.462 e. The summed E-state index contributed by atoms with van der Waals surface area (Å²) in [5.41, 5.74) is 6.37. The molecule has 35 heavy (non-hydrogen) atoms. The molecule has 1 aliphatic carbocycles. The molecule has 2 aromatic heterocycles. The van der Waals surface area contributed by atoms with Gasteiger partial charge in [-0.3, -0.25) is 5.10 Å². The van der Waals surface area contributed by atoms with Gasteiger partial charge in [0.2, 0.25) is 0 Å². The first-order valence-electron chi connectivity index (χ1n) is 13.3. The van der Waals surface area contributed by atoms with E-state index in [0.29, 0.717) is 24.6 Å². The summed E-state index contributed by atoms with van der Waals surface area (Å²) in [7, 11) is 2.19. The number of anilines is 1. The van der Waals surface area contributed by atoms with E-state index in [0.717, 1.165) is 69.7 Å². The lowest BCUT2D eigenvalue weighted by atomic mass is 9.86. The predicted molar refractivity (Wildman–Crippen MR) is 138 cm³/mol. The van der Waals surface area contributed by atoms with Crippen molar-refractivity contribution >= 4 is 16.7 Å². The molecule has 2 aliphatic heterocycles. The Bertz CT molecular complexity index is 1190. The first kappa shape index (κ1) is 22.7. The van der Waals surface area contributed by atoms with Crippen LogP contribution in [0.1, 0.15) is 54.0 Å². The second kappa shape index (κ2) is 9.74. The Hall–Kier alpha value is -2.71. The fraction of sp³-hybridized carbons (Fsp3) is 0.593. The maximum Gasteiger partial charge on any atom is 0.318 e. The van der Waals surface area contributed by atoms with Gasteiger partial charge >= 0.3 is 6.01 Å². The zero-order chi connectivity index (χ0) is 23.8. The summed E-state index contributed by atoms with van der Waals surface area (Å²) in [5.74, 6) is 1.52. The molecular weight excluding hydrogens is 438 g/mol. The van der Waals surface area contributed by atoms with Crippen LogP contribution < -0.4 is 15.0 Å². The zero-order valence-corrected chi connectivity index (χ0v) is 21.0. The Morgan fingerprint density at radius 2 is 1.97 bits per heavy atom. The normalized spacial score (nSPS) is 23.4. The van der Waals surface area contributed by atoms with E-state index in [2.05, 4.69) is 51.4 Å².